The second-order valence-electron chi connectivity index (χ2n) is 5.18. The third-order valence-electron chi connectivity index (χ3n) is 3.47. The van der Waals surface area contributed by atoms with Crippen LogP contribution in [0.2, 0.25) is 0 Å². The lowest BCUT2D eigenvalue weighted by Crippen LogP contribution is -2.17. The predicted octanol–water partition coefficient (Wildman–Crippen LogP) is 5.11. The molecule has 0 heterocycles. The van der Waals surface area contributed by atoms with Crippen LogP contribution in [-0.4, -0.2) is 12.6 Å². The van der Waals surface area contributed by atoms with Crippen molar-refractivity contribution in [1.82, 2.24) is 0 Å². The van der Waals surface area contributed by atoms with Crippen LogP contribution in [0.4, 0.5) is 0 Å². The number of hydrogen-bond acceptors (Lipinski definition) is 2. The first-order valence-corrected chi connectivity index (χ1v) is 7.92. The molecule has 2 nitrogen and oxygen atoms in total. The molecule has 0 fully saturated rings. The smallest absolute Gasteiger partial charge is 0.308 e. The van der Waals surface area contributed by atoms with Crippen LogP contribution in [0, 0.1) is 5.92 Å². The Balaban J connectivity index is 3.62. The van der Waals surface area contributed by atoms with Gasteiger partial charge in [-0.2, -0.15) is 0 Å². The average molecular weight is 256 g/mol. The lowest BCUT2D eigenvalue weighted by atomic mass is 9.98. The minimum atomic E-state index is 0.0316. The first kappa shape index (κ1) is 17.5. The van der Waals surface area contributed by atoms with Gasteiger partial charge in [0.25, 0.3) is 0 Å². The molecule has 0 aliphatic carbocycles. The topological polar surface area (TPSA) is 26.3 Å². The summed E-state index contributed by atoms with van der Waals surface area (Å²) in [5.74, 6) is 0.164. The standard InChI is InChI=1S/C16H32O2/c1-4-7-9-10-11-13-15(6-3)16(17)18-14-12-8-5-2/h15H,4-14H2,1-3H3. The van der Waals surface area contributed by atoms with Gasteiger partial charge in [-0.3, -0.25) is 4.79 Å². The number of ether oxygens (including phenoxy) is 1. The van der Waals surface area contributed by atoms with Gasteiger partial charge in [-0.25, -0.2) is 0 Å². The third kappa shape index (κ3) is 9.49. The molecule has 0 aromatic rings. The van der Waals surface area contributed by atoms with Crippen LogP contribution < -0.4 is 0 Å². The molecule has 1 atom stereocenters. The highest BCUT2D eigenvalue weighted by atomic mass is 16.5. The maximum Gasteiger partial charge on any atom is 0.308 e. The van der Waals surface area contributed by atoms with Crippen LogP contribution in [-0.2, 0) is 9.53 Å². The number of unbranched alkanes of at least 4 members (excludes halogenated alkanes) is 6. The summed E-state index contributed by atoms with van der Waals surface area (Å²) in [5, 5.41) is 0. The summed E-state index contributed by atoms with van der Waals surface area (Å²) in [6, 6.07) is 0. The number of rotatable bonds is 12. The molecule has 108 valence electrons. The van der Waals surface area contributed by atoms with Gasteiger partial charge in [0.15, 0.2) is 0 Å². The van der Waals surface area contributed by atoms with E-state index in [0.29, 0.717) is 6.61 Å². The molecule has 0 saturated carbocycles. The molecular formula is C16H32O2. The first-order valence-electron chi connectivity index (χ1n) is 7.92. The van der Waals surface area contributed by atoms with Crippen LogP contribution in [0.25, 0.3) is 0 Å². The number of carbonyl (C=O) groups excluding carboxylic acids is 1. The monoisotopic (exact) mass is 256 g/mol. The maximum absolute atomic E-state index is 11.8. The molecule has 1 unspecified atom stereocenters. The van der Waals surface area contributed by atoms with Crippen molar-refractivity contribution < 1.29 is 9.53 Å². The number of carbonyl (C=O) groups is 1. The van der Waals surface area contributed by atoms with Crippen molar-refractivity contribution in [2.75, 3.05) is 6.61 Å². The zero-order valence-corrected chi connectivity index (χ0v) is 12.7. The maximum atomic E-state index is 11.8. The summed E-state index contributed by atoms with van der Waals surface area (Å²) in [6.07, 6.45) is 11.6. The van der Waals surface area contributed by atoms with Crippen LogP contribution in [0.3, 0.4) is 0 Å². The van der Waals surface area contributed by atoms with Crippen molar-refractivity contribution in [2.24, 2.45) is 5.92 Å². The Hall–Kier alpha value is -0.530. The molecule has 0 amide bonds. The first-order chi connectivity index (χ1) is 8.76. The molecule has 0 N–H and O–H groups in total. The lowest BCUT2D eigenvalue weighted by molar-refractivity contribution is -0.149. The van der Waals surface area contributed by atoms with Crippen LogP contribution in [0.5, 0.6) is 0 Å². The van der Waals surface area contributed by atoms with E-state index in [2.05, 4.69) is 20.8 Å². The van der Waals surface area contributed by atoms with Gasteiger partial charge in [-0.15, -0.1) is 0 Å². The Morgan fingerprint density at radius 2 is 1.50 bits per heavy atom. The molecule has 0 aromatic heterocycles. The summed E-state index contributed by atoms with van der Waals surface area (Å²) < 4.78 is 5.34. The minimum Gasteiger partial charge on any atom is -0.465 e. The fraction of sp³-hybridized carbons (Fsp3) is 0.938. The Bertz CT molecular complexity index is 190. The molecule has 0 saturated heterocycles. The molecule has 0 aliphatic heterocycles. The normalized spacial score (nSPS) is 12.4. The van der Waals surface area contributed by atoms with E-state index in [1.54, 1.807) is 0 Å². The number of esters is 1. The summed E-state index contributed by atoms with van der Waals surface area (Å²) in [7, 11) is 0. The fourth-order valence-electron chi connectivity index (χ4n) is 2.13. The van der Waals surface area contributed by atoms with Gasteiger partial charge in [-0.05, 0) is 19.3 Å². The Kier molecular flexibility index (Phi) is 12.5. The highest BCUT2D eigenvalue weighted by Crippen LogP contribution is 2.16. The van der Waals surface area contributed by atoms with Gasteiger partial charge < -0.3 is 4.74 Å². The van der Waals surface area contributed by atoms with Gasteiger partial charge in [0, 0.05) is 0 Å². The summed E-state index contributed by atoms with van der Waals surface area (Å²) in [4.78, 5) is 11.8. The van der Waals surface area contributed by atoms with Crippen LogP contribution in [0.1, 0.15) is 85.0 Å². The molecule has 0 rings (SSSR count). The Morgan fingerprint density at radius 3 is 2.11 bits per heavy atom. The van der Waals surface area contributed by atoms with Crippen molar-refractivity contribution in [3.05, 3.63) is 0 Å². The van der Waals surface area contributed by atoms with E-state index in [-0.39, 0.29) is 11.9 Å². The molecule has 0 aliphatic rings. The summed E-state index contributed by atoms with van der Waals surface area (Å²) in [6.45, 7) is 7.08. The predicted molar refractivity (Wildman–Crippen MR) is 77.6 cm³/mol. The molecule has 18 heavy (non-hydrogen) atoms. The van der Waals surface area contributed by atoms with Crippen molar-refractivity contribution in [3.8, 4) is 0 Å². The highest BCUT2D eigenvalue weighted by molar-refractivity contribution is 5.72. The van der Waals surface area contributed by atoms with Crippen molar-refractivity contribution >= 4 is 5.97 Å². The van der Waals surface area contributed by atoms with Crippen molar-refractivity contribution in [3.63, 3.8) is 0 Å². The quantitative estimate of drug-likeness (QED) is 0.358. The van der Waals surface area contributed by atoms with E-state index in [0.717, 1.165) is 25.7 Å². The van der Waals surface area contributed by atoms with Crippen LogP contribution >= 0.6 is 0 Å². The Morgan fingerprint density at radius 1 is 0.889 bits per heavy atom. The largest absolute Gasteiger partial charge is 0.465 e. The van der Waals surface area contributed by atoms with Gasteiger partial charge in [0.2, 0.25) is 0 Å². The molecule has 0 aromatic carbocycles. The molecule has 2 heteroatoms. The fourth-order valence-corrected chi connectivity index (χ4v) is 2.13. The van der Waals surface area contributed by atoms with E-state index in [4.69, 9.17) is 4.74 Å². The van der Waals surface area contributed by atoms with Gasteiger partial charge in [0.05, 0.1) is 12.5 Å². The Labute approximate surface area is 113 Å². The lowest BCUT2D eigenvalue weighted by Gasteiger charge is -2.14. The van der Waals surface area contributed by atoms with Crippen LogP contribution in [0.15, 0.2) is 0 Å². The molecular weight excluding hydrogens is 224 g/mol. The number of hydrogen-bond donors (Lipinski definition) is 0. The zero-order valence-electron chi connectivity index (χ0n) is 12.7. The van der Waals surface area contributed by atoms with E-state index in [9.17, 15) is 4.79 Å². The molecule has 0 spiro atoms. The summed E-state index contributed by atoms with van der Waals surface area (Å²) >= 11 is 0. The van der Waals surface area contributed by atoms with Gasteiger partial charge in [0.1, 0.15) is 0 Å². The third-order valence-corrected chi connectivity index (χ3v) is 3.47. The highest BCUT2D eigenvalue weighted by Gasteiger charge is 2.17. The summed E-state index contributed by atoms with van der Waals surface area (Å²) in [5.41, 5.74) is 0. The van der Waals surface area contributed by atoms with Crippen molar-refractivity contribution in [1.29, 1.82) is 0 Å². The second-order valence-corrected chi connectivity index (χ2v) is 5.18. The SMILES string of the molecule is CCCCCCCC(CC)C(=O)OCCCCC. The van der Waals surface area contributed by atoms with Crippen molar-refractivity contribution in [2.45, 2.75) is 85.0 Å². The van der Waals surface area contributed by atoms with E-state index in [1.807, 2.05) is 0 Å². The average Bonchev–Trinajstić information content (AvgIpc) is 2.39. The molecule has 0 radical (unpaired) electrons. The van der Waals surface area contributed by atoms with Gasteiger partial charge >= 0.3 is 5.97 Å². The second kappa shape index (κ2) is 12.9. The van der Waals surface area contributed by atoms with Gasteiger partial charge in [-0.1, -0.05) is 65.7 Å². The van der Waals surface area contributed by atoms with E-state index in [1.165, 1.54) is 38.5 Å². The van der Waals surface area contributed by atoms with E-state index < -0.39 is 0 Å². The molecule has 0 bridgehead atoms. The zero-order chi connectivity index (χ0) is 13.6. The van der Waals surface area contributed by atoms with E-state index >= 15 is 0 Å². The minimum absolute atomic E-state index is 0.0316.